The highest BCUT2D eigenvalue weighted by molar-refractivity contribution is 9.10. The highest BCUT2D eigenvalue weighted by atomic mass is 79.9. The lowest BCUT2D eigenvalue weighted by Crippen LogP contribution is -2.23. The number of nitrogens with zero attached hydrogens (tertiary/aromatic N) is 1. The zero-order valence-electron chi connectivity index (χ0n) is 11.3. The quantitative estimate of drug-likeness (QED) is 0.606. The van der Waals surface area contributed by atoms with Crippen LogP contribution in [0.15, 0.2) is 40.2 Å². The van der Waals surface area contributed by atoms with E-state index in [0.29, 0.717) is 0 Å². The van der Waals surface area contributed by atoms with Crippen molar-refractivity contribution in [2.24, 2.45) is 0 Å². The number of aromatic amines is 1. The number of rotatable bonds is 3. The van der Waals surface area contributed by atoms with Gasteiger partial charge in [0, 0.05) is 21.3 Å². The van der Waals surface area contributed by atoms with E-state index >= 15 is 0 Å². The summed E-state index contributed by atoms with van der Waals surface area (Å²) in [5.74, 6) is 0. The molecule has 3 rings (SSSR count). The van der Waals surface area contributed by atoms with Crippen LogP contribution in [-0.2, 0) is 12.0 Å². The second-order valence-electron chi connectivity index (χ2n) is 5.54. The van der Waals surface area contributed by atoms with Gasteiger partial charge in [0.1, 0.15) is 0 Å². The molecule has 0 aliphatic heterocycles. The highest BCUT2D eigenvalue weighted by Gasteiger charge is 2.23. The molecule has 0 aliphatic carbocycles. The van der Waals surface area contributed by atoms with Crippen molar-refractivity contribution in [2.75, 3.05) is 0 Å². The molecule has 0 fully saturated rings. The van der Waals surface area contributed by atoms with Gasteiger partial charge in [-0.1, -0.05) is 35.8 Å². The molecule has 2 heterocycles. The van der Waals surface area contributed by atoms with E-state index in [0.717, 1.165) is 26.8 Å². The van der Waals surface area contributed by atoms with E-state index in [-0.39, 0.29) is 5.41 Å². The van der Waals surface area contributed by atoms with Crippen LogP contribution in [0, 0.1) is 4.77 Å². The van der Waals surface area contributed by atoms with Crippen molar-refractivity contribution < 1.29 is 0 Å². The van der Waals surface area contributed by atoms with Gasteiger partial charge in [-0.25, -0.2) is 0 Å². The molecule has 0 aliphatic rings. The third-order valence-electron chi connectivity index (χ3n) is 3.48. The highest BCUT2D eigenvalue weighted by Crippen LogP contribution is 2.31. The molecule has 0 atom stereocenters. The number of H-pyrrole nitrogens is 1. The van der Waals surface area contributed by atoms with E-state index in [2.05, 4.69) is 75.0 Å². The summed E-state index contributed by atoms with van der Waals surface area (Å²) in [5, 5.41) is 2.13. The van der Waals surface area contributed by atoms with Gasteiger partial charge in [0.2, 0.25) is 0 Å². The second kappa shape index (κ2) is 5.13. The van der Waals surface area contributed by atoms with Crippen LogP contribution in [0.3, 0.4) is 0 Å². The maximum absolute atomic E-state index is 5.49. The Morgan fingerprint density at radius 2 is 2.15 bits per heavy atom. The third kappa shape index (κ3) is 2.50. The maximum Gasteiger partial charge on any atom is 0.178 e. The minimum Gasteiger partial charge on any atom is -0.331 e. The molecular formula is C15H15BrN2S2. The summed E-state index contributed by atoms with van der Waals surface area (Å²) in [5.41, 5.74) is 2.29. The molecule has 1 aromatic carbocycles. The third-order valence-corrected chi connectivity index (χ3v) is 5.53. The summed E-state index contributed by atoms with van der Waals surface area (Å²) in [6.45, 7) is 5.39. The Hall–Kier alpha value is -0.910. The van der Waals surface area contributed by atoms with Crippen LogP contribution in [0.5, 0.6) is 0 Å². The molecule has 0 unspecified atom stereocenters. The lowest BCUT2D eigenvalue weighted by Gasteiger charge is -2.24. The van der Waals surface area contributed by atoms with Crippen LogP contribution >= 0.6 is 39.5 Å². The second-order valence-corrected chi connectivity index (χ2v) is 7.79. The number of halogens is 1. The summed E-state index contributed by atoms with van der Waals surface area (Å²) in [4.78, 5) is 4.67. The Morgan fingerprint density at radius 1 is 1.35 bits per heavy atom. The molecule has 0 radical (unpaired) electrons. The van der Waals surface area contributed by atoms with E-state index in [1.807, 2.05) is 0 Å². The number of nitrogens with one attached hydrogen (secondary N) is 1. The molecule has 2 aromatic heterocycles. The number of benzene rings is 1. The first kappa shape index (κ1) is 14.0. The van der Waals surface area contributed by atoms with Crippen molar-refractivity contribution in [2.45, 2.75) is 25.8 Å². The van der Waals surface area contributed by atoms with Crippen LogP contribution in [0.25, 0.3) is 11.0 Å². The monoisotopic (exact) mass is 366 g/mol. The minimum absolute atomic E-state index is 0.0641. The summed E-state index contributed by atoms with van der Waals surface area (Å²) in [6, 6.07) is 10.5. The van der Waals surface area contributed by atoms with Crippen molar-refractivity contribution in [3.8, 4) is 0 Å². The SMILES string of the molecule is CC(C)(Cn1c(=S)[nH]c2cc(Br)ccc21)c1cccs1. The Balaban J connectivity index is 2.07. The Labute approximate surface area is 135 Å². The summed E-state index contributed by atoms with van der Waals surface area (Å²) in [7, 11) is 0. The van der Waals surface area contributed by atoms with Crippen molar-refractivity contribution in [1.29, 1.82) is 0 Å². The van der Waals surface area contributed by atoms with E-state index in [4.69, 9.17) is 12.2 Å². The van der Waals surface area contributed by atoms with Crippen molar-refractivity contribution >= 4 is 50.5 Å². The Bertz CT molecular complexity index is 797. The predicted octanol–water partition coefficient (Wildman–Crippen LogP) is 5.50. The molecule has 5 heteroatoms. The number of hydrogen-bond acceptors (Lipinski definition) is 2. The molecule has 1 N–H and O–H groups in total. The van der Waals surface area contributed by atoms with Gasteiger partial charge in [-0.3, -0.25) is 0 Å². The average molecular weight is 367 g/mol. The molecule has 3 aromatic rings. The molecule has 0 saturated carbocycles. The average Bonchev–Trinajstić information content (AvgIpc) is 2.99. The van der Waals surface area contributed by atoms with Gasteiger partial charge in [0.25, 0.3) is 0 Å². The van der Waals surface area contributed by atoms with Gasteiger partial charge in [-0.2, -0.15) is 0 Å². The number of imidazole rings is 1. The van der Waals surface area contributed by atoms with Crippen LogP contribution in [0.4, 0.5) is 0 Å². The largest absolute Gasteiger partial charge is 0.331 e. The molecule has 0 spiro atoms. The fraction of sp³-hybridized carbons (Fsp3) is 0.267. The lowest BCUT2D eigenvalue weighted by molar-refractivity contribution is 0.447. The van der Waals surface area contributed by atoms with Crippen molar-refractivity contribution in [3.05, 3.63) is 49.8 Å². The molecule has 0 bridgehead atoms. The molecule has 20 heavy (non-hydrogen) atoms. The first-order valence-electron chi connectivity index (χ1n) is 6.39. The van der Waals surface area contributed by atoms with Crippen LogP contribution in [0.1, 0.15) is 18.7 Å². The molecule has 2 nitrogen and oxygen atoms in total. The fourth-order valence-corrected chi connectivity index (χ4v) is 3.91. The Morgan fingerprint density at radius 3 is 2.85 bits per heavy atom. The maximum atomic E-state index is 5.49. The van der Waals surface area contributed by atoms with Gasteiger partial charge in [-0.05, 0) is 41.9 Å². The van der Waals surface area contributed by atoms with Crippen molar-refractivity contribution in [3.63, 3.8) is 0 Å². The van der Waals surface area contributed by atoms with Crippen LogP contribution < -0.4 is 0 Å². The zero-order valence-corrected chi connectivity index (χ0v) is 14.5. The topological polar surface area (TPSA) is 20.7 Å². The first-order valence-corrected chi connectivity index (χ1v) is 8.47. The Kier molecular flexibility index (Phi) is 3.60. The number of hydrogen-bond donors (Lipinski definition) is 1. The standard InChI is InChI=1S/C15H15BrN2S2/c1-15(2,13-4-3-7-20-13)9-18-12-6-5-10(16)8-11(12)17-14(18)19/h3-8H,9H2,1-2H3,(H,17,19). The van der Waals surface area contributed by atoms with Gasteiger partial charge >= 0.3 is 0 Å². The van der Waals surface area contributed by atoms with Gasteiger partial charge in [0.15, 0.2) is 4.77 Å². The van der Waals surface area contributed by atoms with Crippen LogP contribution in [-0.4, -0.2) is 9.55 Å². The zero-order chi connectivity index (χ0) is 14.3. The molecule has 0 saturated heterocycles. The van der Waals surface area contributed by atoms with Gasteiger partial charge in [0.05, 0.1) is 11.0 Å². The summed E-state index contributed by atoms with van der Waals surface area (Å²) < 4.78 is 4.03. The summed E-state index contributed by atoms with van der Waals surface area (Å²) >= 11 is 10.8. The van der Waals surface area contributed by atoms with E-state index in [1.54, 1.807) is 11.3 Å². The fourth-order valence-electron chi connectivity index (χ4n) is 2.43. The first-order chi connectivity index (χ1) is 9.47. The van der Waals surface area contributed by atoms with E-state index < -0.39 is 0 Å². The van der Waals surface area contributed by atoms with Crippen LogP contribution in [0.2, 0.25) is 0 Å². The van der Waals surface area contributed by atoms with Crippen molar-refractivity contribution in [1.82, 2.24) is 9.55 Å². The number of thiophene rings is 1. The molecular weight excluding hydrogens is 352 g/mol. The normalized spacial score (nSPS) is 12.2. The molecule has 104 valence electrons. The van der Waals surface area contributed by atoms with E-state index in [1.165, 1.54) is 4.88 Å². The minimum atomic E-state index is 0.0641. The molecule has 0 amide bonds. The van der Waals surface area contributed by atoms with Gasteiger partial charge in [-0.15, -0.1) is 11.3 Å². The predicted molar refractivity (Wildman–Crippen MR) is 92.2 cm³/mol. The number of fused-ring (bicyclic) bond motifs is 1. The summed E-state index contributed by atoms with van der Waals surface area (Å²) in [6.07, 6.45) is 0. The van der Waals surface area contributed by atoms with Gasteiger partial charge < -0.3 is 9.55 Å². The smallest absolute Gasteiger partial charge is 0.178 e. The lowest BCUT2D eigenvalue weighted by atomic mass is 9.91. The van der Waals surface area contributed by atoms with E-state index in [9.17, 15) is 0 Å². The number of aromatic nitrogens is 2.